The number of rotatable bonds is 7. The number of nitrogens with two attached hydrogens (primary N) is 1. The highest BCUT2D eigenvalue weighted by Gasteiger charge is 2.09. The van der Waals surface area contributed by atoms with E-state index >= 15 is 0 Å². The zero-order valence-corrected chi connectivity index (χ0v) is 14.4. The largest absolute Gasteiger partial charge is 0.493 e. The third-order valence-corrected chi connectivity index (χ3v) is 3.26. The number of methoxy groups -OCH3 is 2. The van der Waals surface area contributed by atoms with Gasteiger partial charge in [0.15, 0.2) is 23.3 Å². The van der Waals surface area contributed by atoms with Crippen LogP contribution in [0.5, 0.6) is 11.5 Å². The number of ether oxygens (including phenoxy) is 2. The summed E-state index contributed by atoms with van der Waals surface area (Å²) in [5.74, 6) is 3.05. The molecule has 8 nitrogen and oxygen atoms in total. The average molecular weight is 333 g/mol. The lowest BCUT2D eigenvalue weighted by molar-refractivity contribution is 0.355. The van der Waals surface area contributed by atoms with E-state index in [4.69, 9.17) is 19.7 Å². The fourth-order valence-corrected chi connectivity index (χ4v) is 1.98. The number of hydrogen-bond acceptors (Lipinski definition) is 6. The zero-order chi connectivity index (χ0) is 17.5. The van der Waals surface area contributed by atoms with Crippen LogP contribution in [0.1, 0.15) is 31.5 Å². The second kappa shape index (κ2) is 8.19. The molecule has 0 aliphatic heterocycles. The first-order chi connectivity index (χ1) is 11.5. The Morgan fingerprint density at radius 2 is 2.04 bits per heavy atom. The average Bonchev–Trinajstić information content (AvgIpc) is 3.04. The lowest BCUT2D eigenvalue weighted by Crippen LogP contribution is -2.23. The molecule has 0 atom stereocenters. The van der Waals surface area contributed by atoms with Crippen LogP contribution < -0.4 is 20.5 Å². The molecule has 0 amide bonds. The second-order valence-electron chi connectivity index (χ2n) is 5.41. The topological polar surface area (TPSA) is 108 Å². The Bertz CT molecular complexity index is 697. The summed E-state index contributed by atoms with van der Waals surface area (Å²) in [5.41, 5.74) is 6.64. The Balaban J connectivity index is 1.91. The minimum atomic E-state index is 0.239. The van der Waals surface area contributed by atoms with Crippen molar-refractivity contribution in [3.63, 3.8) is 0 Å². The molecule has 0 fully saturated rings. The van der Waals surface area contributed by atoms with Gasteiger partial charge in [0.05, 0.1) is 20.8 Å². The van der Waals surface area contributed by atoms with Gasteiger partial charge in [0.25, 0.3) is 0 Å². The smallest absolute Gasteiger partial charge is 0.228 e. The molecule has 0 aliphatic carbocycles. The van der Waals surface area contributed by atoms with E-state index in [9.17, 15) is 0 Å². The van der Waals surface area contributed by atoms with Gasteiger partial charge >= 0.3 is 0 Å². The lowest BCUT2D eigenvalue weighted by Gasteiger charge is -2.10. The Kier molecular flexibility index (Phi) is 6.00. The first kappa shape index (κ1) is 17.6. The maximum atomic E-state index is 5.89. The van der Waals surface area contributed by atoms with E-state index in [1.807, 2.05) is 19.9 Å². The van der Waals surface area contributed by atoms with Gasteiger partial charge in [-0.25, -0.2) is 0 Å². The molecule has 8 heteroatoms. The van der Waals surface area contributed by atoms with Crippen LogP contribution in [0.25, 0.3) is 0 Å². The molecule has 0 saturated heterocycles. The highest BCUT2D eigenvalue weighted by atomic mass is 16.5. The van der Waals surface area contributed by atoms with Gasteiger partial charge in [-0.05, 0) is 12.1 Å². The summed E-state index contributed by atoms with van der Waals surface area (Å²) < 4.78 is 15.6. The summed E-state index contributed by atoms with van der Waals surface area (Å²) in [7, 11) is 3.16. The molecule has 0 aliphatic rings. The summed E-state index contributed by atoms with van der Waals surface area (Å²) in [6.45, 7) is 4.47. The number of aromatic nitrogens is 2. The van der Waals surface area contributed by atoms with Crippen molar-refractivity contribution in [2.45, 2.75) is 26.2 Å². The summed E-state index contributed by atoms with van der Waals surface area (Å²) in [6, 6.07) is 5.41. The van der Waals surface area contributed by atoms with Gasteiger partial charge in [-0.2, -0.15) is 4.98 Å². The van der Waals surface area contributed by atoms with Crippen molar-refractivity contribution in [3.05, 3.63) is 29.9 Å². The number of nitrogens with one attached hydrogen (secondary N) is 1. The molecule has 0 bridgehead atoms. The molecule has 0 radical (unpaired) electrons. The SMILES string of the molecule is COc1ccc(NC(N)=NCCc2nc(C(C)C)no2)cc1OC. The number of hydrogen-bond donors (Lipinski definition) is 2. The number of nitrogens with zero attached hydrogens (tertiary/aromatic N) is 3. The number of benzene rings is 1. The summed E-state index contributed by atoms with van der Waals surface area (Å²) in [5, 5.41) is 6.91. The standard InChI is InChI=1S/C16H23N5O3/c1-10(2)15-20-14(24-21-15)7-8-18-16(17)19-11-5-6-12(22-3)13(9-11)23-4/h5-6,9-10H,7-8H2,1-4H3,(H3,17,18,19). The van der Waals surface area contributed by atoms with Crippen LogP contribution in [0.3, 0.4) is 0 Å². The van der Waals surface area contributed by atoms with Crippen molar-refractivity contribution in [3.8, 4) is 11.5 Å². The quantitative estimate of drug-likeness (QED) is 0.590. The summed E-state index contributed by atoms with van der Waals surface area (Å²) in [4.78, 5) is 8.54. The minimum absolute atomic E-state index is 0.239. The van der Waals surface area contributed by atoms with Crippen molar-refractivity contribution < 1.29 is 14.0 Å². The van der Waals surface area contributed by atoms with Gasteiger partial charge in [-0.3, -0.25) is 4.99 Å². The molecule has 0 spiro atoms. The van der Waals surface area contributed by atoms with E-state index in [-0.39, 0.29) is 5.92 Å². The first-order valence-electron chi connectivity index (χ1n) is 7.65. The second-order valence-corrected chi connectivity index (χ2v) is 5.41. The van der Waals surface area contributed by atoms with Crippen molar-refractivity contribution in [1.82, 2.24) is 10.1 Å². The van der Waals surface area contributed by atoms with Gasteiger partial charge in [0, 0.05) is 24.1 Å². The monoisotopic (exact) mass is 333 g/mol. The highest BCUT2D eigenvalue weighted by Crippen LogP contribution is 2.29. The van der Waals surface area contributed by atoms with Crippen LogP contribution >= 0.6 is 0 Å². The molecule has 2 aromatic rings. The van der Waals surface area contributed by atoms with Crippen LogP contribution in [0, 0.1) is 0 Å². The summed E-state index contributed by atoms with van der Waals surface area (Å²) in [6.07, 6.45) is 0.536. The molecule has 0 unspecified atom stereocenters. The fraction of sp³-hybridized carbons (Fsp3) is 0.438. The predicted molar refractivity (Wildman–Crippen MR) is 91.7 cm³/mol. The molecule has 1 heterocycles. The zero-order valence-electron chi connectivity index (χ0n) is 14.4. The summed E-state index contributed by atoms with van der Waals surface area (Å²) >= 11 is 0. The van der Waals surface area contributed by atoms with E-state index in [0.717, 1.165) is 5.69 Å². The van der Waals surface area contributed by atoms with Gasteiger partial charge in [0.2, 0.25) is 5.89 Å². The lowest BCUT2D eigenvalue weighted by atomic mass is 10.2. The Morgan fingerprint density at radius 1 is 1.29 bits per heavy atom. The van der Waals surface area contributed by atoms with Gasteiger partial charge in [0.1, 0.15) is 0 Å². The Labute approximate surface area is 141 Å². The molecule has 2 rings (SSSR count). The van der Waals surface area contributed by atoms with E-state index in [0.29, 0.717) is 42.1 Å². The van der Waals surface area contributed by atoms with Crippen LogP contribution in [0.4, 0.5) is 5.69 Å². The molecule has 1 aromatic carbocycles. The van der Waals surface area contributed by atoms with Gasteiger partial charge in [-0.1, -0.05) is 19.0 Å². The first-order valence-corrected chi connectivity index (χ1v) is 7.65. The van der Waals surface area contributed by atoms with Crippen LogP contribution in [0.2, 0.25) is 0 Å². The van der Waals surface area contributed by atoms with E-state index in [1.54, 1.807) is 26.4 Å². The van der Waals surface area contributed by atoms with Crippen LogP contribution in [-0.4, -0.2) is 36.9 Å². The normalized spacial score (nSPS) is 11.6. The number of aliphatic imine (C=N–C) groups is 1. The van der Waals surface area contributed by atoms with E-state index in [1.165, 1.54) is 0 Å². The van der Waals surface area contributed by atoms with Gasteiger partial charge in [-0.15, -0.1) is 0 Å². The molecule has 24 heavy (non-hydrogen) atoms. The van der Waals surface area contributed by atoms with Crippen molar-refractivity contribution in [2.75, 3.05) is 26.1 Å². The number of anilines is 1. The van der Waals surface area contributed by atoms with Crippen molar-refractivity contribution in [1.29, 1.82) is 0 Å². The maximum Gasteiger partial charge on any atom is 0.228 e. The Hall–Kier alpha value is -2.77. The molecule has 0 saturated carbocycles. The van der Waals surface area contributed by atoms with Crippen molar-refractivity contribution >= 4 is 11.6 Å². The van der Waals surface area contributed by atoms with E-state index in [2.05, 4.69) is 20.4 Å². The van der Waals surface area contributed by atoms with Crippen molar-refractivity contribution in [2.24, 2.45) is 10.7 Å². The molecular formula is C16H23N5O3. The third-order valence-electron chi connectivity index (χ3n) is 3.26. The molecule has 3 N–H and O–H groups in total. The third kappa shape index (κ3) is 4.61. The molecular weight excluding hydrogens is 310 g/mol. The Morgan fingerprint density at radius 3 is 2.67 bits per heavy atom. The maximum absolute atomic E-state index is 5.89. The van der Waals surface area contributed by atoms with Crippen LogP contribution in [-0.2, 0) is 6.42 Å². The fourth-order valence-electron chi connectivity index (χ4n) is 1.98. The van der Waals surface area contributed by atoms with Gasteiger partial charge < -0.3 is 25.0 Å². The predicted octanol–water partition coefficient (Wildman–Crippen LogP) is 2.18. The minimum Gasteiger partial charge on any atom is -0.493 e. The highest BCUT2D eigenvalue weighted by molar-refractivity contribution is 5.92. The number of guanidine groups is 1. The molecule has 130 valence electrons. The molecule has 1 aromatic heterocycles. The van der Waals surface area contributed by atoms with E-state index < -0.39 is 0 Å². The van der Waals surface area contributed by atoms with Crippen LogP contribution in [0.15, 0.2) is 27.7 Å².